The molecular formula is C12H19N5O. The molecule has 1 heterocycles. The summed E-state index contributed by atoms with van der Waals surface area (Å²) < 4.78 is 0. The summed E-state index contributed by atoms with van der Waals surface area (Å²) in [7, 11) is 0. The molecule has 1 aromatic heterocycles. The summed E-state index contributed by atoms with van der Waals surface area (Å²) in [6.07, 6.45) is 4.49. The molecule has 98 valence electrons. The first-order chi connectivity index (χ1) is 8.74. The Morgan fingerprint density at radius 3 is 2.61 bits per heavy atom. The maximum absolute atomic E-state index is 9.28. The number of nitrogen functional groups attached to an aromatic ring is 1. The summed E-state index contributed by atoms with van der Waals surface area (Å²) in [5, 5.41) is 12.6. The molecule has 2 saturated carbocycles. The Bertz CT molecular complexity index is 442. The lowest BCUT2D eigenvalue weighted by Gasteiger charge is -2.14. The zero-order valence-corrected chi connectivity index (χ0v) is 10.3. The van der Waals surface area contributed by atoms with Gasteiger partial charge >= 0.3 is 0 Å². The van der Waals surface area contributed by atoms with Crippen molar-refractivity contribution in [2.75, 3.05) is 23.9 Å². The minimum Gasteiger partial charge on any atom is -0.396 e. The van der Waals surface area contributed by atoms with Gasteiger partial charge in [0.25, 0.3) is 0 Å². The predicted molar refractivity (Wildman–Crippen MR) is 69.1 cm³/mol. The minimum absolute atomic E-state index is 0.0704. The smallest absolute Gasteiger partial charge is 0.145 e. The van der Waals surface area contributed by atoms with Crippen molar-refractivity contribution in [1.29, 1.82) is 0 Å². The van der Waals surface area contributed by atoms with Crippen LogP contribution >= 0.6 is 0 Å². The number of rotatable bonds is 6. The van der Waals surface area contributed by atoms with Gasteiger partial charge in [-0.15, -0.1) is 0 Å². The van der Waals surface area contributed by atoms with Gasteiger partial charge < -0.3 is 15.8 Å². The van der Waals surface area contributed by atoms with Crippen LogP contribution in [-0.4, -0.2) is 28.2 Å². The number of nitrogens with zero attached hydrogens (tertiary/aromatic N) is 2. The molecule has 2 aliphatic rings. The molecule has 6 heteroatoms. The van der Waals surface area contributed by atoms with Crippen LogP contribution in [0.4, 0.5) is 11.6 Å². The van der Waals surface area contributed by atoms with E-state index in [-0.39, 0.29) is 12.0 Å². The van der Waals surface area contributed by atoms with Gasteiger partial charge in [0, 0.05) is 23.9 Å². The third-order valence-electron chi connectivity index (χ3n) is 3.77. The van der Waals surface area contributed by atoms with Gasteiger partial charge in [0.05, 0.1) is 6.61 Å². The number of aromatic nitrogens is 2. The van der Waals surface area contributed by atoms with Crippen LogP contribution < -0.4 is 16.6 Å². The zero-order chi connectivity index (χ0) is 12.6. The number of nitrogens with two attached hydrogens (primary N) is 1. The second kappa shape index (κ2) is 4.37. The van der Waals surface area contributed by atoms with Crippen molar-refractivity contribution < 1.29 is 5.11 Å². The quantitative estimate of drug-likeness (QED) is 0.440. The van der Waals surface area contributed by atoms with E-state index in [0.29, 0.717) is 11.7 Å². The van der Waals surface area contributed by atoms with Crippen LogP contribution in [0.1, 0.15) is 37.4 Å². The van der Waals surface area contributed by atoms with E-state index in [2.05, 4.69) is 20.7 Å². The molecule has 5 N–H and O–H groups in total. The highest BCUT2D eigenvalue weighted by Crippen LogP contribution is 2.45. The third kappa shape index (κ3) is 2.39. The summed E-state index contributed by atoms with van der Waals surface area (Å²) in [6, 6.07) is 1.80. The van der Waals surface area contributed by atoms with Crippen molar-refractivity contribution in [2.24, 2.45) is 11.3 Å². The first-order valence-corrected chi connectivity index (χ1v) is 6.45. The molecule has 0 spiro atoms. The zero-order valence-electron chi connectivity index (χ0n) is 10.3. The summed E-state index contributed by atoms with van der Waals surface area (Å²) in [6.45, 7) is 0.997. The van der Waals surface area contributed by atoms with E-state index < -0.39 is 0 Å². The van der Waals surface area contributed by atoms with E-state index in [4.69, 9.17) is 5.84 Å². The van der Waals surface area contributed by atoms with Gasteiger partial charge in [-0.3, -0.25) is 0 Å². The fourth-order valence-electron chi connectivity index (χ4n) is 2.00. The SMILES string of the molecule is NNc1cc(NCC2(CO)CC2)nc(C2CC2)n1. The summed E-state index contributed by atoms with van der Waals surface area (Å²) >= 11 is 0. The average Bonchev–Trinajstić information content (AvgIpc) is 3.30. The number of nitrogens with one attached hydrogen (secondary N) is 2. The third-order valence-corrected chi connectivity index (χ3v) is 3.77. The van der Waals surface area contributed by atoms with Gasteiger partial charge in [-0.1, -0.05) is 0 Å². The first-order valence-electron chi connectivity index (χ1n) is 6.45. The van der Waals surface area contributed by atoms with Crippen molar-refractivity contribution in [1.82, 2.24) is 9.97 Å². The fraction of sp³-hybridized carbons (Fsp3) is 0.667. The molecule has 0 amide bonds. The van der Waals surface area contributed by atoms with Crippen LogP contribution in [0.25, 0.3) is 0 Å². The molecule has 0 unspecified atom stereocenters. The van der Waals surface area contributed by atoms with Crippen LogP contribution in [0.15, 0.2) is 6.07 Å². The van der Waals surface area contributed by atoms with E-state index in [1.54, 1.807) is 6.07 Å². The maximum Gasteiger partial charge on any atom is 0.145 e. The first kappa shape index (κ1) is 11.7. The Morgan fingerprint density at radius 1 is 1.33 bits per heavy atom. The Hall–Kier alpha value is -1.40. The Kier molecular flexibility index (Phi) is 2.83. The number of aliphatic hydroxyl groups excluding tert-OH is 1. The highest BCUT2D eigenvalue weighted by Gasteiger charge is 2.41. The molecule has 2 aliphatic carbocycles. The number of hydrogen-bond acceptors (Lipinski definition) is 6. The van der Waals surface area contributed by atoms with E-state index >= 15 is 0 Å². The molecule has 18 heavy (non-hydrogen) atoms. The Morgan fingerprint density at radius 2 is 2.06 bits per heavy atom. The van der Waals surface area contributed by atoms with Crippen molar-refractivity contribution in [3.05, 3.63) is 11.9 Å². The molecule has 0 aliphatic heterocycles. The summed E-state index contributed by atoms with van der Waals surface area (Å²) in [5.41, 5.74) is 2.65. The Balaban J connectivity index is 1.72. The van der Waals surface area contributed by atoms with Crippen LogP contribution in [0.3, 0.4) is 0 Å². The molecule has 0 saturated heterocycles. The van der Waals surface area contributed by atoms with Gasteiger partial charge in [0.2, 0.25) is 0 Å². The molecular weight excluding hydrogens is 230 g/mol. The standard InChI is InChI=1S/C12H19N5O/c13-17-10-5-9(14-6-12(7-18)3-4-12)15-11(16-10)8-1-2-8/h5,8,18H,1-4,6-7,13H2,(H2,14,15,16,17). The van der Waals surface area contributed by atoms with Crippen LogP contribution in [0.2, 0.25) is 0 Å². The molecule has 3 rings (SSSR count). The van der Waals surface area contributed by atoms with Crippen molar-refractivity contribution in [3.8, 4) is 0 Å². The monoisotopic (exact) mass is 249 g/mol. The maximum atomic E-state index is 9.28. The number of hydrogen-bond donors (Lipinski definition) is 4. The molecule has 2 fully saturated rings. The number of aliphatic hydroxyl groups is 1. The number of anilines is 2. The van der Waals surface area contributed by atoms with E-state index in [0.717, 1.165) is 43.9 Å². The molecule has 0 bridgehead atoms. The van der Waals surface area contributed by atoms with Crippen LogP contribution in [0, 0.1) is 5.41 Å². The van der Waals surface area contributed by atoms with Gasteiger partial charge in [0.1, 0.15) is 17.5 Å². The fourth-order valence-corrected chi connectivity index (χ4v) is 2.00. The second-order valence-electron chi connectivity index (χ2n) is 5.43. The van der Waals surface area contributed by atoms with E-state index in [1.165, 1.54) is 0 Å². The Labute approximate surface area is 106 Å². The molecule has 0 atom stereocenters. The highest BCUT2D eigenvalue weighted by molar-refractivity contribution is 5.47. The summed E-state index contributed by atoms with van der Waals surface area (Å²) in [4.78, 5) is 8.87. The largest absolute Gasteiger partial charge is 0.396 e. The lowest BCUT2D eigenvalue weighted by Crippen LogP contribution is -2.20. The van der Waals surface area contributed by atoms with Crippen molar-refractivity contribution in [2.45, 2.75) is 31.6 Å². The molecule has 0 radical (unpaired) electrons. The van der Waals surface area contributed by atoms with Gasteiger partial charge in [-0.25, -0.2) is 15.8 Å². The lowest BCUT2D eigenvalue weighted by molar-refractivity contribution is 0.219. The second-order valence-corrected chi connectivity index (χ2v) is 5.43. The molecule has 1 aromatic rings. The van der Waals surface area contributed by atoms with Gasteiger partial charge in [-0.2, -0.15) is 0 Å². The van der Waals surface area contributed by atoms with E-state index in [9.17, 15) is 5.11 Å². The van der Waals surface area contributed by atoms with Crippen molar-refractivity contribution >= 4 is 11.6 Å². The van der Waals surface area contributed by atoms with Gasteiger partial charge in [0.15, 0.2) is 0 Å². The number of hydrazine groups is 1. The molecule has 0 aromatic carbocycles. The predicted octanol–water partition coefficient (Wildman–Crippen LogP) is 0.824. The highest BCUT2D eigenvalue weighted by atomic mass is 16.3. The normalized spacial score (nSPS) is 20.6. The topological polar surface area (TPSA) is 96.1 Å². The van der Waals surface area contributed by atoms with Crippen LogP contribution in [0.5, 0.6) is 0 Å². The van der Waals surface area contributed by atoms with Crippen molar-refractivity contribution in [3.63, 3.8) is 0 Å². The summed E-state index contributed by atoms with van der Waals surface area (Å²) in [5.74, 6) is 8.21. The molecule has 6 nitrogen and oxygen atoms in total. The average molecular weight is 249 g/mol. The minimum atomic E-state index is 0.0704. The lowest BCUT2D eigenvalue weighted by atomic mass is 10.1. The van der Waals surface area contributed by atoms with Crippen LogP contribution in [-0.2, 0) is 0 Å². The van der Waals surface area contributed by atoms with Gasteiger partial charge in [-0.05, 0) is 25.7 Å². The van der Waals surface area contributed by atoms with E-state index in [1.807, 2.05) is 0 Å².